The number of ether oxygens (including phenoxy) is 1. The summed E-state index contributed by atoms with van der Waals surface area (Å²) >= 11 is 0. The lowest BCUT2D eigenvalue weighted by Crippen LogP contribution is -2.27. The molecule has 0 aliphatic heterocycles. The largest absolute Gasteiger partial charge is 0.497 e. The van der Waals surface area contributed by atoms with Crippen LogP contribution in [0.3, 0.4) is 0 Å². The fraction of sp³-hybridized carbons (Fsp3) is 0.333. The summed E-state index contributed by atoms with van der Waals surface area (Å²) in [6.45, 7) is 0. The van der Waals surface area contributed by atoms with Gasteiger partial charge in [-0.1, -0.05) is 0 Å². The summed E-state index contributed by atoms with van der Waals surface area (Å²) in [4.78, 5) is 10.6. The number of carbonyl (C=O) groups is 1. The van der Waals surface area contributed by atoms with Crippen molar-refractivity contribution in [2.75, 3.05) is 7.11 Å². The molecule has 0 unspecified atom stereocenters. The molecule has 17 heavy (non-hydrogen) atoms. The Morgan fingerprint density at radius 1 is 1.47 bits per heavy atom. The van der Waals surface area contributed by atoms with E-state index in [0.717, 1.165) is 36.3 Å². The molecule has 1 aromatic rings. The van der Waals surface area contributed by atoms with Gasteiger partial charge in [0.05, 0.1) is 12.8 Å². The number of hydrazone groups is 1. The Hall–Kier alpha value is -2.04. The Morgan fingerprint density at radius 3 is 3.00 bits per heavy atom. The number of hydrogen-bond acceptors (Lipinski definition) is 3. The number of hydrogen-bond donors (Lipinski definition) is 2. The van der Waals surface area contributed by atoms with E-state index in [1.807, 2.05) is 18.2 Å². The van der Waals surface area contributed by atoms with E-state index in [1.54, 1.807) is 7.11 Å². The van der Waals surface area contributed by atoms with Crippen molar-refractivity contribution in [2.24, 2.45) is 10.8 Å². The molecule has 2 rings (SSSR count). The third-order valence-corrected chi connectivity index (χ3v) is 2.78. The first-order valence-electron chi connectivity index (χ1n) is 5.50. The fourth-order valence-corrected chi connectivity index (χ4v) is 2.01. The minimum atomic E-state index is -0.641. The molecule has 0 saturated heterocycles. The van der Waals surface area contributed by atoms with Crippen molar-refractivity contribution >= 4 is 11.7 Å². The average molecular weight is 233 g/mol. The Bertz CT molecular complexity index is 469. The summed E-state index contributed by atoms with van der Waals surface area (Å²) in [7, 11) is 1.65. The lowest BCUT2D eigenvalue weighted by atomic mass is 9.90. The highest BCUT2D eigenvalue weighted by molar-refractivity contribution is 6.03. The normalized spacial score (nSPS) is 16.4. The van der Waals surface area contributed by atoms with Crippen LogP contribution in [-0.2, 0) is 6.42 Å². The fourth-order valence-electron chi connectivity index (χ4n) is 2.01. The molecule has 0 atom stereocenters. The molecule has 5 heteroatoms. The molecule has 90 valence electrons. The SMILES string of the molecule is COc1ccc2c(c1)CCCC2=NNC(N)=O. The maximum atomic E-state index is 10.6. The molecular weight excluding hydrogens is 218 g/mol. The number of primary amides is 1. The molecule has 1 aromatic carbocycles. The van der Waals surface area contributed by atoms with Gasteiger partial charge in [-0.25, -0.2) is 10.2 Å². The van der Waals surface area contributed by atoms with E-state index in [9.17, 15) is 4.79 Å². The van der Waals surface area contributed by atoms with Gasteiger partial charge < -0.3 is 10.5 Å². The molecule has 0 heterocycles. The van der Waals surface area contributed by atoms with Crippen LogP contribution in [0.2, 0.25) is 0 Å². The number of fused-ring (bicyclic) bond motifs is 1. The number of carbonyl (C=O) groups excluding carboxylic acids is 1. The highest BCUT2D eigenvalue weighted by Crippen LogP contribution is 2.25. The van der Waals surface area contributed by atoms with Gasteiger partial charge in [0.1, 0.15) is 5.75 Å². The standard InChI is InChI=1S/C12H15N3O2/c1-17-9-5-6-10-8(7-9)3-2-4-11(10)14-15-12(13)16/h5-7H,2-4H2,1H3,(H3,13,15,16). The molecule has 0 fully saturated rings. The molecule has 5 nitrogen and oxygen atoms in total. The van der Waals surface area contributed by atoms with Crippen molar-refractivity contribution in [2.45, 2.75) is 19.3 Å². The van der Waals surface area contributed by atoms with Crippen molar-refractivity contribution in [3.63, 3.8) is 0 Å². The molecular formula is C12H15N3O2. The van der Waals surface area contributed by atoms with E-state index < -0.39 is 6.03 Å². The first kappa shape index (κ1) is 11.4. The van der Waals surface area contributed by atoms with E-state index in [2.05, 4.69) is 10.5 Å². The van der Waals surface area contributed by atoms with Crippen LogP contribution in [0.15, 0.2) is 23.3 Å². The number of amides is 2. The van der Waals surface area contributed by atoms with Crippen LogP contribution in [0.4, 0.5) is 4.79 Å². The van der Waals surface area contributed by atoms with Crippen molar-refractivity contribution < 1.29 is 9.53 Å². The summed E-state index contributed by atoms with van der Waals surface area (Å²) in [6, 6.07) is 5.23. The average Bonchev–Trinajstić information content (AvgIpc) is 2.35. The van der Waals surface area contributed by atoms with Gasteiger partial charge in [-0.3, -0.25) is 0 Å². The maximum Gasteiger partial charge on any atom is 0.332 e. The van der Waals surface area contributed by atoms with Gasteiger partial charge in [0.2, 0.25) is 0 Å². The number of rotatable bonds is 2. The Kier molecular flexibility index (Phi) is 3.27. The number of nitrogens with one attached hydrogen (secondary N) is 1. The van der Waals surface area contributed by atoms with Crippen molar-refractivity contribution in [3.8, 4) is 5.75 Å². The molecule has 2 amide bonds. The third kappa shape index (κ3) is 2.55. The number of methoxy groups -OCH3 is 1. The van der Waals surface area contributed by atoms with Gasteiger partial charge in [0.15, 0.2) is 0 Å². The summed E-state index contributed by atoms with van der Waals surface area (Å²) in [5.41, 5.74) is 10.4. The summed E-state index contributed by atoms with van der Waals surface area (Å²) < 4.78 is 5.18. The second-order valence-electron chi connectivity index (χ2n) is 3.91. The molecule has 0 aromatic heterocycles. The predicted molar refractivity (Wildman–Crippen MR) is 65.2 cm³/mol. The number of nitrogens with two attached hydrogens (primary N) is 1. The van der Waals surface area contributed by atoms with Crippen molar-refractivity contribution in [3.05, 3.63) is 29.3 Å². The summed E-state index contributed by atoms with van der Waals surface area (Å²) in [5.74, 6) is 0.841. The van der Waals surface area contributed by atoms with Gasteiger partial charge in [0, 0.05) is 5.56 Å². The number of urea groups is 1. The lowest BCUT2D eigenvalue weighted by Gasteiger charge is -2.18. The zero-order chi connectivity index (χ0) is 12.3. The Labute approximate surface area is 99.6 Å². The molecule has 0 saturated carbocycles. The number of nitrogens with zero attached hydrogens (tertiary/aromatic N) is 1. The highest BCUT2D eigenvalue weighted by atomic mass is 16.5. The van der Waals surface area contributed by atoms with Gasteiger partial charge in [0.25, 0.3) is 0 Å². The monoisotopic (exact) mass is 233 g/mol. The summed E-state index contributed by atoms with van der Waals surface area (Å²) in [5, 5.41) is 4.03. The van der Waals surface area contributed by atoms with Crippen LogP contribution >= 0.6 is 0 Å². The van der Waals surface area contributed by atoms with Gasteiger partial charge in [-0.05, 0) is 43.0 Å². The summed E-state index contributed by atoms with van der Waals surface area (Å²) in [6.07, 6.45) is 2.86. The Morgan fingerprint density at radius 2 is 2.29 bits per heavy atom. The van der Waals surface area contributed by atoms with Gasteiger partial charge in [-0.15, -0.1) is 0 Å². The minimum Gasteiger partial charge on any atom is -0.497 e. The topological polar surface area (TPSA) is 76.7 Å². The lowest BCUT2D eigenvalue weighted by molar-refractivity contribution is 0.249. The molecule has 0 spiro atoms. The first-order chi connectivity index (χ1) is 8.20. The first-order valence-corrected chi connectivity index (χ1v) is 5.50. The van der Waals surface area contributed by atoms with E-state index in [1.165, 1.54) is 5.56 Å². The Balaban J connectivity index is 2.31. The van der Waals surface area contributed by atoms with Crippen molar-refractivity contribution in [1.82, 2.24) is 5.43 Å². The quantitative estimate of drug-likeness (QED) is 0.757. The maximum absolute atomic E-state index is 10.6. The second kappa shape index (κ2) is 4.86. The van der Waals surface area contributed by atoms with Crippen molar-refractivity contribution in [1.29, 1.82) is 0 Å². The molecule has 0 bridgehead atoms. The van der Waals surface area contributed by atoms with Crippen LogP contribution in [0, 0.1) is 0 Å². The smallest absolute Gasteiger partial charge is 0.332 e. The molecule has 0 radical (unpaired) electrons. The second-order valence-corrected chi connectivity index (χ2v) is 3.91. The molecule has 1 aliphatic rings. The zero-order valence-corrected chi connectivity index (χ0v) is 9.69. The molecule has 1 aliphatic carbocycles. The van der Waals surface area contributed by atoms with E-state index >= 15 is 0 Å². The van der Waals surface area contributed by atoms with Gasteiger partial charge in [-0.2, -0.15) is 5.10 Å². The van der Waals surface area contributed by atoms with E-state index in [0.29, 0.717) is 0 Å². The number of benzene rings is 1. The van der Waals surface area contributed by atoms with Crippen LogP contribution in [-0.4, -0.2) is 18.9 Å². The minimum absolute atomic E-state index is 0.641. The third-order valence-electron chi connectivity index (χ3n) is 2.78. The molecule has 3 N–H and O–H groups in total. The van der Waals surface area contributed by atoms with E-state index in [4.69, 9.17) is 10.5 Å². The van der Waals surface area contributed by atoms with Crippen LogP contribution in [0.25, 0.3) is 0 Å². The number of aryl methyl sites for hydroxylation is 1. The van der Waals surface area contributed by atoms with Crippen LogP contribution in [0.5, 0.6) is 5.75 Å². The van der Waals surface area contributed by atoms with Crippen LogP contribution in [0.1, 0.15) is 24.0 Å². The highest BCUT2D eigenvalue weighted by Gasteiger charge is 2.16. The van der Waals surface area contributed by atoms with Gasteiger partial charge >= 0.3 is 6.03 Å². The predicted octanol–water partition coefficient (Wildman–Crippen LogP) is 1.40. The van der Waals surface area contributed by atoms with E-state index in [-0.39, 0.29) is 0 Å². The zero-order valence-electron chi connectivity index (χ0n) is 9.69. The van der Waals surface area contributed by atoms with Crippen LogP contribution < -0.4 is 15.9 Å².